The molecule has 6 heteroatoms. The van der Waals surface area contributed by atoms with E-state index in [1.54, 1.807) is 0 Å². The van der Waals surface area contributed by atoms with E-state index in [2.05, 4.69) is 0 Å². The second-order valence-electron chi connectivity index (χ2n) is 3.04. The number of hydrogen-bond donors (Lipinski definition) is 1. The topological polar surface area (TPSA) is 43.1 Å². The highest BCUT2D eigenvalue weighted by Crippen LogP contribution is 2.34. The second-order valence-corrected chi connectivity index (χ2v) is 4.11. The molecule has 1 rings (SSSR count). The van der Waals surface area contributed by atoms with E-state index in [0.29, 0.717) is 5.56 Å². The van der Waals surface area contributed by atoms with E-state index in [9.17, 15) is 18.0 Å². The fourth-order valence-electron chi connectivity index (χ4n) is 1.15. The van der Waals surface area contributed by atoms with Crippen LogP contribution in [0.1, 0.15) is 21.5 Å². The average molecular weight is 329 g/mol. The third-order valence-corrected chi connectivity index (χ3v) is 2.95. The summed E-state index contributed by atoms with van der Waals surface area (Å²) in [4.78, 5) is 10.9. The first kappa shape index (κ1) is 12.3. The molecular weight excluding hydrogens is 322 g/mol. The van der Waals surface area contributed by atoms with Gasteiger partial charge in [0.15, 0.2) is 0 Å². The van der Waals surface area contributed by atoms with Crippen molar-refractivity contribution in [1.82, 2.24) is 0 Å². The fourth-order valence-corrected chi connectivity index (χ4v) is 2.04. The summed E-state index contributed by atoms with van der Waals surface area (Å²) < 4.78 is 37.4. The van der Waals surface area contributed by atoms with Crippen LogP contribution < -0.4 is 5.73 Å². The van der Waals surface area contributed by atoms with Gasteiger partial charge in [0, 0.05) is 3.57 Å². The van der Waals surface area contributed by atoms with Crippen molar-refractivity contribution in [2.24, 2.45) is 5.73 Å². The first-order valence-electron chi connectivity index (χ1n) is 3.90. The Morgan fingerprint density at radius 3 is 2.33 bits per heavy atom. The highest BCUT2D eigenvalue weighted by molar-refractivity contribution is 14.1. The number of primary amides is 1. The highest BCUT2D eigenvalue weighted by Gasteiger charge is 2.34. The van der Waals surface area contributed by atoms with E-state index < -0.39 is 17.6 Å². The third kappa shape index (κ3) is 2.61. The predicted molar refractivity (Wildman–Crippen MR) is 57.4 cm³/mol. The van der Waals surface area contributed by atoms with Gasteiger partial charge in [-0.15, -0.1) is 0 Å². The van der Waals surface area contributed by atoms with Gasteiger partial charge in [-0.3, -0.25) is 4.79 Å². The molecule has 0 radical (unpaired) electrons. The Bertz CT molecular complexity index is 415. The molecule has 0 spiro atoms. The zero-order valence-corrected chi connectivity index (χ0v) is 9.81. The molecule has 0 saturated carbocycles. The normalized spacial score (nSPS) is 11.5. The maximum Gasteiger partial charge on any atom is 0.417 e. The van der Waals surface area contributed by atoms with Crippen molar-refractivity contribution in [3.8, 4) is 0 Å². The van der Waals surface area contributed by atoms with Gasteiger partial charge in [0.05, 0.1) is 11.1 Å². The Morgan fingerprint density at radius 2 is 1.93 bits per heavy atom. The number of carbonyl (C=O) groups excluding carboxylic acids is 1. The molecule has 2 nitrogen and oxygen atoms in total. The molecule has 0 bridgehead atoms. The maximum absolute atomic E-state index is 12.5. The molecular formula is C9H7F3INO. The number of aryl methyl sites for hydroxylation is 1. The Kier molecular flexibility index (Phi) is 3.27. The Balaban J connectivity index is 3.49. The Labute approximate surface area is 97.8 Å². The van der Waals surface area contributed by atoms with Gasteiger partial charge in [-0.25, -0.2) is 0 Å². The number of alkyl halides is 3. The number of benzene rings is 1. The summed E-state index contributed by atoms with van der Waals surface area (Å²) in [6, 6.07) is 2.34. The largest absolute Gasteiger partial charge is 0.417 e. The van der Waals surface area contributed by atoms with E-state index in [-0.39, 0.29) is 9.13 Å². The lowest BCUT2D eigenvalue weighted by Gasteiger charge is -2.12. The molecule has 0 aliphatic rings. The first-order chi connectivity index (χ1) is 6.73. The third-order valence-electron chi connectivity index (χ3n) is 1.79. The smallest absolute Gasteiger partial charge is 0.366 e. The molecule has 1 aromatic rings. The van der Waals surface area contributed by atoms with Gasteiger partial charge in [-0.1, -0.05) is 0 Å². The van der Waals surface area contributed by atoms with Crippen molar-refractivity contribution in [3.05, 3.63) is 32.4 Å². The summed E-state index contributed by atoms with van der Waals surface area (Å²) in [6.45, 7) is 1.48. The zero-order chi connectivity index (χ0) is 11.8. The van der Waals surface area contributed by atoms with Crippen molar-refractivity contribution in [2.45, 2.75) is 13.1 Å². The molecule has 1 aromatic carbocycles. The monoisotopic (exact) mass is 329 g/mol. The number of nitrogens with two attached hydrogens (primary N) is 1. The van der Waals surface area contributed by atoms with Crippen LogP contribution >= 0.6 is 22.6 Å². The van der Waals surface area contributed by atoms with E-state index >= 15 is 0 Å². The fraction of sp³-hybridized carbons (Fsp3) is 0.222. The minimum absolute atomic E-state index is 0.0945. The zero-order valence-electron chi connectivity index (χ0n) is 7.65. The highest BCUT2D eigenvalue weighted by atomic mass is 127. The summed E-state index contributed by atoms with van der Waals surface area (Å²) >= 11 is 1.48. The van der Waals surface area contributed by atoms with Gasteiger partial charge in [-0.05, 0) is 47.2 Å². The number of rotatable bonds is 1. The van der Waals surface area contributed by atoms with Crippen molar-refractivity contribution in [1.29, 1.82) is 0 Å². The Hall–Kier alpha value is -0.790. The summed E-state index contributed by atoms with van der Waals surface area (Å²) in [5.41, 5.74) is 4.43. The molecule has 0 atom stereocenters. The van der Waals surface area contributed by atoms with E-state index in [0.717, 1.165) is 6.07 Å². The van der Waals surface area contributed by atoms with Gasteiger partial charge in [0.25, 0.3) is 0 Å². The molecule has 0 unspecified atom stereocenters. The van der Waals surface area contributed by atoms with Crippen molar-refractivity contribution in [2.75, 3.05) is 0 Å². The molecule has 2 N–H and O–H groups in total. The van der Waals surface area contributed by atoms with Gasteiger partial charge in [0.2, 0.25) is 5.91 Å². The van der Waals surface area contributed by atoms with Crippen LogP contribution in [0.4, 0.5) is 13.2 Å². The van der Waals surface area contributed by atoms with Crippen molar-refractivity contribution < 1.29 is 18.0 Å². The van der Waals surface area contributed by atoms with Crippen LogP contribution in [0.15, 0.2) is 12.1 Å². The van der Waals surface area contributed by atoms with Crippen molar-refractivity contribution >= 4 is 28.5 Å². The summed E-state index contributed by atoms with van der Waals surface area (Å²) in [7, 11) is 0. The van der Waals surface area contributed by atoms with Crippen LogP contribution in [-0.4, -0.2) is 5.91 Å². The predicted octanol–water partition coefficient (Wildman–Crippen LogP) is 2.72. The SMILES string of the molecule is Cc1cc(C(N)=O)c(I)c(C(F)(F)F)c1. The van der Waals surface area contributed by atoms with E-state index in [4.69, 9.17) is 5.73 Å². The summed E-state index contributed by atoms with van der Waals surface area (Å²) in [6.07, 6.45) is -4.47. The van der Waals surface area contributed by atoms with Crippen LogP contribution in [0.2, 0.25) is 0 Å². The van der Waals surface area contributed by atoms with Crippen molar-refractivity contribution in [3.63, 3.8) is 0 Å². The molecule has 0 aliphatic heterocycles. The minimum Gasteiger partial charge on any atom is -0.366 e. The lowest BCUT2D eigenvalue weighted by Crippen LogP contribution is -2.17. The summed E-state index contributed by atoms with van der Waals surface area (Å²) in [5, 5.41) is 0. The van der Waals surface area contributed by atoms with Gasteiger partial charge in [0.1, 0.15) is 0 Å². The summed E-state index contributed by atoms with van der Waals surface area (Å²) in [5.74, 6) is -0.853. The lowest BCUT2D eigenvalue weighted by molar-refractivity contribution is -0.138. The first-order valence-corrected chi connectivity index (χ1v) is 4.98. The van der Waals surface area contributed by atoms with E-state index in [1.165, 1.54) is 35.6 Å². The molecule has 0 heterocycles. The molecule has 82 valence electrons. The number of hydrogen-bond acceptors (Lipinski definition) is 1. The van der Waals surface area contributed by atoms with Crippen LogP contribution in [0.3, 0.4) is 0 Å². The van der Waals surface area contributed by atoms with Gasteiger partial charge >= 0.3 is 6.18 Å². The molecule has 15 heavy (non-hydrogen) atoms. The molecule has 0 aromatic heterocycles. The minimum atomic E-state index is -4.47. The Morgan fingerprint density at radius 1 is 1.40 bits per heavy atom. The van der Waals surface area contributed by atoms with Gasteiger partial charge < -0.3 is 5.73 Å². The second kappa shape index (κ2) is 3.99. The average Bonchev–Trinajstić information content (AvgIpc) is 2.06. The number of amides is 1. The quantitative estimate of drug-likeness (QED) is 0.791. The van der Waals surface area contributed by atoms with Crippen LogP contribution in [0.5, 0.6) is 0 Å². The van der Waals surface area contributed by atoms with Crippen LogP contribution in [-0.2, 0) is 6.18 Å². The van der Waals surface area contributed by atoms with Crippen LogP contribution in [0.25, 0.3) is 0 Å². The standard InChI is InChI=1S/C9H7F3INO/c1-4-2-5(8(14)15)7(13)6(3-4)9(10,11)12/h2-3H,1H3,(H2,14,15). The molecule has 0 aliphatic carbocycles. The maximum atomic E-state index is 12.5. The molecule has 0 saturated heterocycles. The number of carbonyl (C=O) groups is 1. The van der Waals surface area contributed by atoms with Crippen LogP contribution in [0, 0.1) is 10.5 Å². The number of halogens is 4. The van der Waals surface area contributed by atoms with Gasteiger partial charge in [-0.2, -0.15) is 13.2 Å². The van der Waals surface area contributed by atoms with E-state index in [1.807, 2.05) is 0 Å². The lowest BCUT2D eigenvalue weighted by atomic mass is 10.1. The molecule has 1 amide bonds. The molecule has 0 fully saturated rings.